The zero-order valence-corrected chi connectivity index (χ0v) is 12.7. The molecular formula is C14H25N3O4. The molecule has 0 bridgehead atoms. The molecule has 3 unspecified atom stereocenters. The van der Waals surface area contributed by atoms with Crippen molar-refractivity contribution >= 4 is 12.0 Å². The van der Waals surface area contributed by atoms with Gasteiger partial charge in [-0.15, -0.1) is 0 Å². The van der Waals surface area contributed by atoms with E-state index in [1.165, 1.54) is 4.90 Å². The lowest BCUT2D eigenvalue weighted by atomic mass is 10.2. The molecule has 0 aromatic rings. The molecule has 2 aliphatic heterocycles. The van der Waals surface area contributed by atoms with Gasteiger partial charge in [-0.3, -0.25) is 0 Å². The van der Waals surface area contributed by atoms with Crippen molar-refractivity contribution in [3.8, 4) is 0 Å². The summed E-state index contributed by atoms with van der Waals surface area (Å²) in [4.78, 5) is 29.3. The third-order valence-corrected chi connectivity index (χ3v) is 4.43. The first-order valence-corrected chi connectivity index (χ1v) is 7.60. The molecule has 0 spiro atoms. The Labute approximate surface area is 125 Å². The molecule has 7 nitrogen and oxygen atoms in total. The lowest BCUT2D eigenvalue weighted by Gasteiger charge is -2.34. The largest absolute Gasteiger partial charge is 0.480 e. The van der Waals surface area contributed by atoms with Gasteiger partial charge in [0.15, 0.2) is 0 Å². The number of amides is 2. The van der Waals surface area contributed by atoms with E-state index in [9.17, 15) is 19.8 Å². The number of urea groups is 1. The van der Waals surface area contributed by atoms with Gasteiger partial charge in [0.1, 0.15) is 6.04 Å². The fraction of sp³-hybridized carbons (Fsp3) is 0.857. The van der Waals surface area contributed by atoms with Gasteiger partial charge in [-0.1, -0.05) is 6.92 Å². The van der Waals surface area contributed by atoms with E-state index in [0.29, 0.717) is 6.54 Å². The monoisotopic (exact) mass is 299 g/mol. The predicted octanol–water partition coefficient (Wildman–Crippen LogP) is 0.0423. The Hall–Kier alpha value is -1.34. The minimum absolute atomic E-state index is 0.0946. The predicted molar refractivity (Wildman–Crippen MR) is 77.0 cm³/mol. The first-order chi connectivity index (χ1) is 9.93. The van der Waals surface area contributed by atoms with Gasteiger partial charge in [0, 0.05) is 32.1 Å². The molecule has 3 atom stereocenters. The summed E-state index contributed by atoms with van der Waals surface area (Å²) < 4.78 is 0. The molecule has 21 heavy (non-hydrogen) atoms. The van der Waals surface area contributed by atoms with E-state index in [0.717, 1.165) is 25.9 Å². The summed E-state index contributed by atoms with van der Waals surface area (Å²) in [7, 11) is 2.04. The fourth-order valence-corrected chi connectivity index (χ4v) is 3.27. The van der Waals surface area contributed by atoms with E-state index in [1.807, 2.05) is 14.0 Å². The van der Waals surface area contributed by atoms with Crippen molar-refractivity contribution in [3.63, 3.8) is 0 Å². The van der Waals surface area contributed by atoms with E-state index in [-0.39, 0.29) is 25.0 Å². The lowest BCUT2D eigenvalue weighted by Crippen LogP contribution is -2.52. The Morgan fingerprint density at radius 1 is 1.19 bits per heavy atom. The standard InChI is InChI=1S/C14H25N3O4/c1-3-10-8-15(2)5-4-6-16(10)14(21)17-9-11(18)7-12(17)13(19)20/h10-12,18H,3-9H2,1-2H3,(H,19,20). The van der Waals surface area contributed by atoms with E-state index in [2.05, 4.69) is 4.90 Å². The summed E-state index contributed by atoms with van der Waals surface area (Å²) in [5, 5.41) is 18.9. The van der Waals surface area contributed by atoms with Gasteiger partial charge in [0.2, 0.25) is 0 Å². The first-order valence-electron chi connectivity index (χ1n) is 7.60. The number of hydrogen-bond donors (Lipinski definition) is 2. The van der Waals surface area contributed by atoms with Crippen LogP contribution in [0.15, 0.2) is 0 Å². The molecule has 2 rings (SSSR count). The van der Waals surface area contributed by atoms with Crippen molar-refractivity contribution in [2.24, 2.45) is 0 Å². The number of carbonyl (C=O) groups is 2. The van der Waals surface area contributed by atoms with Crippen LogP contribution < -0.4 is 0 Å². The second-order valence-corrected chi connectivity index (χ2v) is 6.05. The number of hydrogen-bond acceptors (Lipinski definition) is 4. The number of carboxylic acid groups (broad SMARTS) is 1. The van der Waals surface area contributed by atoms with Crippen LogP contribution in [0, 0.1) is 0 Å². The molecule has 0 aromatic carbocycles. The first kappa shape index (κ1) is 16.0. The fourth-order valence-electron chi connectivity index (χ4n) is 3.27. The summed E-state index contributed by atoms with van der Waals surface area (Å²) in [6.45, 7) is 4.53. The van der Waals surface area contributed by atoms with Crippen molar-refractivity contribution in [1.29, 1.82) is 0 Å². The highest BCUT2D eigenvalue weighted by Crippen LogP contribution is 2.22. The van der Waals surface area contributed by atoms with Crippen LogP contribution in [0.3, 0.4) is 0 Å². The quantitative estimate of drug-likeness (QED) is 0.752. The number of carboxylic acids is 1. The third-order valence-electron chi connectivity index (χ3n) is 4.43. The van der Waals surface area contributed by atoms with Gasteiger partial charge in [0.25, 0.3) is 0 Å². The van der Waals surface area contributed by atoms with Gasteiger partial charge in [0.05, 0.1) is 6.10 Å². The van der Waals surface area contributed by atoms with E-state index in [1.54, 1.807) is 4.90 Å². The Bertz CT molecular complexity index is 404. The second-order valence-electron chi connectivity index (χ2n) is 6.05. The number of aliphatic hydroxyl groups excluding tert-OH is 1. The minimum atomic E-state index is -1.04. The molecule has 2 N–H and O–H groups in total. The molecule has 120 valence electrons. The van der Waals surface area contributed by atoms with Crippen molar-refractivity contribution in [3.05, 3.63) is 0 Å². The molecule has 2 fully saturated rings. The Balaban J connectivity index is 2.14. The van der Waals surface area contributed by atoms with Crippen molar-refractivity contribution in [2.75, 3.05) is 33.2 Å². The van der Waals surface area contributed by atoms with Gasteiger partial charge < -0.3 is 24.9 Å². The highest BCUT2D eigenvalue weighted by molar-refractivity contribution is 5.83. The molecule has 2 heterocycles. The number of carbonyl (C=O) groups excluding carboxylic acids is 1. The van der Waals surface area contributed by atoms with Crippen LogP contribution in [0.1, 0.15) is 26.2 Å². The Kier molecular flexibility index (Phi) is 5.05. The highest BCUT2D eigenvalue weighted by Gasteiger charge is 2.42. The molecule has 0 aliphatic carbocycles. The van der Waals surface area contributed by atoms with E-state index < -0.39 is 18.1 Å². The molecule has 0 saturated carbocycles. The van der Waals surface area contributed by atoms with Crippen LogP contribution in [0.4, 0.5) is 4.79 Å². The third kappa shape index (κ3) is 3.47. The van der Waals surface area contributed by atoms with Crippen LogP contribution >= 0.6 is 0 Å². The highest BCUT2D eigenvalue weighted by atomic mass is 16.4. The van der Waals surface area contributed by atoms with Gasteiger partial charge in [-0.05, 0) is 26.4 Å². The molecular weight excluding hydrogens is 274 g/mol. The molecule has 0 radical (unpaired) electrons. The normalized spacial score (nSPS) is 31.3. The smallest absolute Gasteiger partial charge is 0.326 e. The summed E-state index contributed by atoms with van der Waals surface area (Å²) in [5.74, 6) is -1.04. The zero-order chi connectivity index (χ0) is 15.6. The maximum atomic E-state index is 12.7. The summed E-state index contributed by atoms with van der Waals surface area (Å²) >= 11 is 0. The summed E-state index contributed by atoms with van der Waals surface area (Å²) in [6, 6.07) is -1.07. The van der Waals surface area contributed by atoms with Crippen LogP contribution in [-0.2, 0) is 4.79 Å². The number of likely N-dealkylation sites (tertiary alicyclic amines) is 1. The molecule has 0 aromatic heterocycles. The van der Waals surface area contributed by atoms with Gasteiger partial charge in [-0.2, -0.15) is 0 Å². The molecule has 2 amide bonds. The van der Waals surface area contributed by atoms with E-state index >= 15 is 0 Å². The van der Waals surface area contributed by atoms with Crippen LogP contribution in [0.2, 0.25) is 0 Å². The van der Waals surface area contributed by atoms with Gasteiger partial charge in [-0.25, -0.2) is 9.59 Å². The Morgan fingerprint density at radius 2 is 1.90 bits per heavy atom. The molecule has 7 heteroatoms. The topological polar surface area (TPSA) is 84.3 Å². The number of aliphatic hydroxyl groups is 1. The molecule has 2 saturated heterocycles. The van der Waals surface area contributed by atoms with Crippen LogP contribution in [0.25, 0.3) is 0 Å². The number of nitrogens with zero attached hydrogens (tertiary/aromatic N) is 3. The van der Waals surface area contributed by atoms with Crippen LogP contribution in [-0.4, -0.2) is 88.3 Å². The average molecular weight is 299 g/mol. The van der Waals surface area contributed by atoms with Gasteiger partial charge >= 0.3 is 12.0 Å². The second kappa shape index (κ2) is 6.62. The number of aliphatic carboxylic acids is 1. The SMILES string of the molecule is CCC1CN(C)CCCN1C(=O)N1CC(O)CC1C(=O)O. The zero-order valence-electron chi connectivity index (χ0n) is 12.7. The number of rotatable bonds is 2. The minimum Gasteiger partial charge on any atom is -0.480 e. The summed E-state index contributed by atoms with van der Waals surface area (Å²) in [6.07, 6.45) is 1.09. The maximum absolute atomic E-state index is 12.7. The number of likely N-dealkylation sites (N-methyl/N-ethyl adjacent to an activating group) is 1. The van der Waals surface area contributed by atoms with Crippen molar-refractivity contribution in [2.45, 2.75) is 44.4 Å². The maximum Gasteiger partial charge on any atom is 0.326 e. The van der Waals surface area contributed by atoms with Crippen molar-refractivity contribution in [1.82, 2.24) is 14.7 Å². The Morgan fingerprint density at radius 3 is 2.52 bits per heavy atom. The van der Waals surface area contributed by atoms with E-state index in [4.69, 9.17) is 0 Å². The number of β-amino-alcohol motifs (C(OH)–C–C–N with tert-alkyl or cyclic N) is 1. The lowest BCUT2D eigenvalue weighted by molar-refractivity contribution is -0.141. The van der Waals surface area contributed by atoms with Crippen molar-refractivity contribution < 1.29 is 19.8 Å². The van der Waals surface area contributed by atoms with Crippen LogP contribution in [0.5, 0.6) is 0 Å². The average Bonchev–Trinajstić information content (AvgIpc) is 2.72. The summed E-state index contributed by atoms with van der Waals surface area (Å²) in [5.41, 5.74) is 0. The molecule has 2 aliphatic rings.